The molecular formula is C19H8Br2F5N3O2. The smallest absolute Gasteiger partial charge is 0.280 e. The Kier molecular flexibility index (Phi) is 6.47. The van der Waals surface area contributed by atoms with Gasteiger partial charge in [-0.25, -0.2) is 22.0 Å². The number of anilines is 1. The van der Waals surface area contributed by atoms with Crippen molar-refractivity contribution in [2.75, 3.05) is 11.6 Å². The average Bonchev–Trinajstić information content (AvgIpc) is 2.98. The van der Waals surface area contributed by atoms with Crippen LogP contribution in [0.2, 0.25) is 0 Å². The fourth-order valence-electron chi connectivity index (χ4n) is 2.71. The Morgan fingerprint density at radius 2 is 1.68 bits per heavy atom. The van der Waals surface area contributed by atoms with Crippen LogP contribution in [0, 0.1) is 40.4 Å². The van der Waals surface area contributed by atoms with E-state index >= 15 is 0 Å². The number of halogens is 7. The number of amides is 1. The van der Waals surface area contributed by atoms with Crippen molar-refractivity contribution in [2.45, 2.75) is 6.92 Å². The lowest BCUT2D eigenvalue weighted by Gasteiger charge is -2.15. The minimum absolute atomic E-state index is 0.0451. The fraction of sp³-hybridized carbons (Fsp3) is 0.105. The van der Waals surface area contributed by atoms with Gasteiger partial charge in [-0.3, -0.25) is 4.79 Å². The van der Waals surface area contributed by atoms with Crippen LogP contribution in [0.15, 0.2) is 31.8 Å². The summed E-state index contributed by atoms with van der Waals surface area (Å²) in [7, 11) is 0. The Morgan fingerprint density at radius 3 is 2.26 bits per heavy atom. The third-order valence-corrected chi connectivity index (χ3v) is 5.13. The normalized spacial score (nSPS) is 14.8. The molecule has 0 bridgehead atoms. The van der Waals surface area contributed by atoms with Crippen molar-refractivity contribution in [3.63, 3.8) is 0 Å². The van der Waals surface area contributed by atoms with E-state index in [0.717, 1.165) is 0 Å². The maximum absolute atomic E-state index is 14.2. The highest BCUT2D eigenvalue weighted by Crippen LogP contribution is 2.37. The van der Waals surface area contributed by atoms with Gasteiger partial charge in [-0.2, -0.15) is 15.4 Å². The monoisotopic (exact) mass is 563 g/mol. The molecule has 0 saturated carbocycles. The van der Waals surface area contributed by atoms with Crippen molar-refractivity contribution in [1.82, 2.24) is 0 Å². The Bertz CT molecular complexity index is 1200. The van der Waals surface area contributed by atoms with Crippen LogP contribution in [-0.4, -0.2) is 18.2 Å². The molecule has 5 nitrogen and oxygen atoms in total. The van der Waals surface area contributed by atoms with Gasteiger partial charge in [-0.1, -0.05) is 15.9 Å². The van der Waals surface area contributed by atoms with Crippen molar-refractivity contribution in [2.24, 2.45) is 5.10 Å². The van der Waals surface area contributed by atoms with Gasteiger partial charge in [-0.15, -0.1) is 0 Å². The van der Waals surface area contributed by atoms with E-state index in [1.54, 1.807) is 12.1 Å². The van der Waals surface area contributed by atoms with Gasteiger partial charge in [0.2, 0.25) is 5.82 Å². The van der Waals surface area contributed by atoms with E-state index in [4.69, 9.17) is 10.00 Å². The van der Waals surface area contributed by atoms with E-state index in [-0.39, 0.29) is 34.2 Å². The second-order valence-electron chi connectivity index (χ2n) is 6.03. The van der Waals surface area contributed by atoms with Gasteiger partial charge in [-0.05, 0) is 41.1 Å². The molecule has 160 valence electrons. The first kappa shape index (κ1) is 22.9. The van der Waals surface area contributed by atoms with E-state index in [1.165, 1.54) is 19.1 Å². The molecule has 1 amide bonds. The minimum atomic E-state index is -2.35. The van der Waals surface area contributed by atoms with Crippen molar-refractivity contribution in [3.05, 3.63) is 61.3 Å². The molecule has 31 heavy (non-hydrogen) atoms. The van der Waals surface area contributed by atoms with Crippen LogP contribution in [0.3, 0.4) is 0 Å². The van der Waals surface area contributed by atoms with Crippen LogP contribution in [0.25, 0.3) is 6.08 Å². The first-order valence-electron chi connectivity index (χ1n) is 8.20. The van der Waals surface area contributed by atoms with Gasteiger partial charge in [0.25, 0.3) is 5.91 Å². The number of nitrogens with zero attached hydrogens (tertiary/aromatic N) is 3. The molecule has 0 radical (unpaired) electrons. The van der Waals surface area contributed by atoms with Crippen LogP contribution >= 0.6 is 31.9 Å². The number of carbonyl (C=O) groups excluding carboxylic acids is 1. The van der Waals surface area contributed by atoms with E-state index in [1.807, 2.05) is 0 Å². The summed E-state index contributed by atoms with van der Waals surface area (Å²) in [6.45, 7) is 1.01. The van der Waals surface area contributed by atoms with Crippen molar-refractivity contribution >= 4 is 55.2 Å². The second-order valence-corrected chi connectivity index (χ2v) is 7.80. The first-order chi connectivity index (χ1) is 14.6. The van der Waals surface area contributed by atoms with Crippen molar-refractivity contribution in [1.29, 1.82) is 5.26 Å². The molecular weight excluding hydrogens is 557 g/mol. The SMILES string of the molecule is CC1=NN(c2c(F)c(F)c(F)c(F)c2F)C(=O)/C1=C\c1cc(Br)cc(Br)c1OCC#N. The van der Waals surface area contributed by atoms with Gasteiger partial charge in [0, 0.05) is 10.0 Å². The van der Waals surface area contributed by atoms with Gasteiger partial charge in [0.05, 0.1) is 15.8 Å². The molecule has 0 N–H and O–H groups in total. The second kappa shape index (κ2) is 8.76. The third kappa shape index (κ3) is 4.07. The molecule has 3 rings (SSSR count). The Balaban J connectivity index is 2.12. The van der Waals surface area contributed by atoms with E-state index in [9.17, 15) is 26.7 Å². The topological polar surface area (TPSA) is 65.7 Å². The summed E-state index contributed by atoms with van der Waals surface area (Å²) in [5.74, 6) is -12.1. The van der Waals surface area contributed by atoms with Gasteiger partial charge < -0.3 is 4.74 Å². The summed E-state index contributed by atoms with van der Waals surface area (Å²) in [4.78, 5) is 12.8. The Labute approximate surface area is 188 Å². The van der Waals surface area contributed by atoms with Crippen LogP contribution in [0.4, 0.5) is 27.6 Å². The highest BCUT2D eigenvalue weighted by molar-refractivity contribution is 9.11. The molecule has 0 fully saturated rings. The number of nitriles is 1. The molecule has 1 heterocycles. The summed E-state index contributed by atoms with van der Waals surface area (Å²) in [5.41, 5.74) is -1.43. The first-order valence-corrected chi connectivity index (χ1v) is 9.79. The zero-order valence-electron chi connectivity index (χ0n) is 15.2. The molecule has 1 aliphatic heterocycles. The summed E-state index contributed by atoms with van der Waals surface area (Å²) in [5, 5.41) is 12.5. The Morgan fingerprint density at radius 1 is 1.10 bits per heavy atom. The molecule has 0 aromatic heterocycles. The highest BCUT2D eigenvalue weighted by Gasteiger charge is 2.37. The van der Waals surface area contributed by atoms with E-state index in [0.29, 0.717) is 8.95 Å². The molecule has 0 saturated heterocycles. The van der Waals surface area contributed by atoms with Crippen LogP contribution in [-0.2, 0) is 4.79 Å². The molecule has 2 aromatic carbocycles. The largest absolute Gasteiger partial charge is 0.477 e. The van der Waals surface area contributed by atoms with Gasteiger partial charge in [0.1, 0.15) is 17.5 Å². The molecule has 2 aromatic rings. The predicted octanol–water partition coefficient (Wildman–Crippen LogP) is 5.62. The average molecular weight is 565 g/mol. The number of rotatable bonds is 4. The van der Waals surface area contributed by atoms with Crippen molar-refractivity contribution < 1.29 is 31.5 Å². The number of hydrogen-bond acceptors (Lipinski definition) is 4. The van der Waals surface area contributed by atoms with Crippen LogP contribution < -0.4 is 9.75 Å². The zero-order chi connectivity index (χ0) is 23.0. The maximum Gasteiger partial charge on any atom is 0.280 e. The highest BCUT2D eigenvalue weighted by atomic mass is 79.9. The molecule has 0 aliphatic carbocycles. The number of ether oxygens (including phenoxy) is 1. The lowest BCUT2D eigenvalue weighted by molar-refractivity contribution is -0.114. The fourth-order valence-corrected chi connectivity index (χ4v) is 4.09. The van der Waals surface area contributed by atoms with E-state index < -0.39 is 40.7 Å². The number of hydrazone groups is 1. The molecule has 0 spiro atoms. The number of hydrogen-bond donors (Lipinski definition) is 0. The van der Waals surface area contributed by atoms with Crippen LogP contribution in [0.1, 0.15) is 12.5 Å². The lowest BCUT2D eigenvalue weighted by Crippen LogP contribution is -2.25. The molecule has 0 unspecified atom stereocenters. The molecule has 0 atom stereocenters. The minimum Gasteiger partial charge on any atom is -0.477 e. The van der Waals surface area contributed by atoms with Gasteiger partial charge >= 0.3 is 0 Å². The summed E-state index contributed by atoms with van der Waals surface area (Å²) >= 11 is 6.52. The van der Waals surface area contributed by atoms with Crippen molar-refractivity contribution in [3.8, 4) is 11.8 Å². The van der Waals surface area contributed by atoms with Crippen LogP contribution in [0.5, 0.6) is 5.75 Å². The number of benzene rings is 2. The van der Waals surface area contributed by atoms with Gasteiger partial charge in [0.15, 0.2) is 29.9 Å². The maximum atomic E-state index is 14.2. The lowest BCUT2D eigenvalue weighted by atomic mass is 10.1. The summed E-state index contributed by atoms with van der Waals surface area (Å²) in [6.07, 6.45) is 1.26. The standard InChI is InChI=1S/C19H8Br2F5N3O2/c1-7-10(5-8-4-9(20)6-11(21)18(8)31-3-2-27)19(30)29(28-7)17-15(25)13(23)12(22)14(24)16(17)26/h4-6H,3H2,1H3/b10-5-. The Hall–Kier alpha value is -2.78. The number of carbonyl (C=O) groups is 1. The molecule has 12 heteroatoms. The third-order valence-electron chi connectivity index (χ3n) is 4.08. The quantitative estimate of drug-likeness (QED) is 0.210. The molecule has 1 aliphatic rings. The predicted molar refractivity (Wildman–Crippen MR) is 108 cm³/mol. The summed E-state index contributed by atoms with van der Waals surface area (Å²) in [6, 6.07) is 4.95. The zero-order valence-corrected chi connectivity index (χ0v) is 18.4. The summed E-state index contributed by atoms with van der Waals surface area (Å²) < 4.78 is 75.1. The van der Waals surface area contributed by atoms with E-state index in [2.05, 4.69) is 37.0 Å².